The summed E-state index contributed by atoms with van der Waals surface area (Å²) in [5.41, 5.74) is 0.738. The SMILES string of the molecule is S=CC=Nc1ccc(Oc2ccccc2)c(Cl)c1. The number of ether oxygens (including phenoxy) is 1. The summed E-state index contributed by atoms with van der Waals surface area (Å²) in [6.45, 7) is 0. The van der Waals surface area contributed by atoms with E-state index in [4.69, 9.17) is 16.3 Å². The van der Waals surface area contributed by atoms with E-state index in [9.17, 15) is 0 Å². The number of thiocarbonyl (C=S) groups is 1. The van der Waals surface area contributed by atoms with Crippen LogP contribution in [0.3, 0.4) is 0 Å². The van der Waals surface area contributed by atoms with E-state index in [1.807, 2.05) is 36.4 Å². The van der Waals surface area contributed by atoms with Gasteiger partial charge in [-0.25, -0.2) is 0 Å². The monoisotopic (exact) mass is 275 g/mol. The van der Waals surface area contributed by atoms with Gasteiger partial charge in [0.05, 0.1) is 10.7 Å². The van der Waals surface area contributed by atoms with Crippen LogP contribution in [0.1, 0.15) is 0 Å². The standard InChI is InChI=1S/C14H10ClNOS/c15-13-10-11(16-8-9-18)6-7-14(13)17-12-4-2-1-3-5-12/h1-10H. The zero-order chi connectivity index (χ0) is 12.8. The van der Waals surface area contributed by atoms with Gasteiger partial charge in [-0.1, -0.05) is 42.0 Å². The van der Waals surface area contributed by atoms with Crippen molar-refractivity contribution in [3.05, 3.63) is 53.6 Å². The zero-order valence-corrected chi connectivity index (χ0v) is 11.0. The molecule has 0 aromatic heterocycles. The Kier molecular flexibility index (Phi) is 4.45. The van der Waals surface area contributed by atoms with Crippen molar-refractivity contribution in [2.24, 2.45) is 4.99 Å². The van der Waals surface area contributed by atoms with Crippen LogP contribution in [-0.2, 0) is 0 Å². The summed E-state index contributed by atoms with van der Waals surface area (Å²) in [7, 11) is 0. The topological polar surface area (TPSA) is 21.6 Å². The van der Waals surface area contributed by atoms with E-state index in [0.717, 1.165) is 11.4 Å². The van der Waals surface area contributed by atoms with E-state index in [-0.39, 0.29) is 0 Å². The van der Waals surface area contributed by atoms with Crippen LogP contribution in [-0.4, -0.2) is 11.6 Å². The second kappa shape index (κ2) is 6.28. The molecule has 2 nitrogen and oxygen atoms in total. The lowest BCUT2D eigenvalue weighted by Gasteiger charge is -2.07. The van der Waals surface area contributed by atoms with Crippen LogP contribution in [0, 0.1) is 0 Å². The normalized spacial score (nSPS) is 10.5. The van der Waals surface area contributed by atoms with Crippen molar-refractivity contribution in [3.8, 4) is 11.5 Å². The number of nitrogens with zero attached hydrogens (tertiary/aromatic N) is 1. The molecule has 90 valence electrons. The first kappa shape index (κ1) is 12.7. The Labute approximate surface area is 116 Å². The molecule has 18 heavy (non-hydrogen) atoms. The van der Waals surface area contributed by atoms with Crippen LogP contribution < -0.4 is 4.74 Å². The van der Waals surface area contributed by atoms with E-state index >= 15 is 0 Å². The Hall–Kier alpha value is -1.71. The molecule has 4 heteroatoms. The number of hydrogen-bond acceptors (Lipinski definition) is 3. The van der Waals surface area contributed by atoms with Crippen molar-refractivity contribution in [2.45, 2.75) is 0 Å². The van der Waals surface area contributed by atoms with Gasteiger partial charge in [0.2, 0.25) is 0 Å². The average Bonchev–Trinajstić information content (AvgIpc) is 2.40. The highest BCUT2D eigenvalue weighted by Crippen LogP contribution is 2.32. The molecule has 0 spiro atoms. The molecule has 2 rings (SSSR count). The maximum absolute atomic E-state index is 6.12. The fourth-order valence-electron chi connectivity index (χ4n) is 1.38. The van der Waals surface area contributed by atoms with Gasteiger partial charge in [-0.2, -0.15) is 0 Å². The first-order valence-electron chi connectivity index (χ1n) is 5.30. The summed E-state index contributed by atoms with van der Waals surface area (Å²) in [5, 5.41) is 1.96. The van der Waals surface area contributed by atoms with Crippen molar-refractivity contribution < 1.29 is 4.74 Å². The van der Waals surface area contributed by atoms with Gasteiger partial charge in [0.25, 0.3) is 0 Å². The van der Waals surface area contributed by atoms with Gasteiger partial charge in [0.1, 0.15) is 11.5 Å². The fourth-order valence-corrected chi connectivity index (χ4v) is 1.66. The Morgan fingerprint density at radius 2 is 1.89 bits per heavy atom. The summed E-state index contributed by atoms with van der Waals surface area (Å²) in [4.78, 5) is 4.11. The van der Waals surface area contributed by atoms with Gasteiger partial charge in [0, 0.05) is 11.6 Å². The molecule has 0 aliphatic carbocycles. The zero-order valence-electron chi connectivity index (χ0n) is 9.42. The van der Waals surface area contributed by atoms with Gasteiger partial charge in [-0.3, -0.25) is 4.99 Å². The van der Waals surface area contributed by atoms with Gasteiger partial charge < -0.3 is 4.74 Å². The Morgan fingerprint density at radius 3 is 2.56 bits per heavy atom. The highest BCUT2D eigenvalue weighted by Gasteiger charge is 2.03. The first-order chi connectivity index (χ1) is 8.79. The molecule has 2 aromatic rings. The third kappa shape index (κ3) is 3.39. The van der Waals surface area contributed by atoms with Gasteiger partial charge >= 0.3 is 0 Å². The van der Waals surface area contributed by atoms with Gasteiger partial charge in [0.15, 0.2) is 0 Å². The van der Waals surface area contributed by atoms with Crippen LogP contribution in [0.15, 0.2) is 53.5 Å². The number of rotatable bonds is 4. The highest BCUT2D eigenvalue weighted by atomic mass is 35.5. The fraction of sp³-hybridized carbons (Fsp3) is 0. The van der Waals surface area contributed by atoms with Gasteiger partial charge in [-0.15, -0.1) is 0 Å². The van der Waals surface area contributed by atoms with E-state index in [1.165, 1.54) is 5.37 Å². The number of aliphatic imine (C=N–C) groups is 1. The predicted molar refractivity (Wildman–Crippen MR) is 79.8 cm³/mol. The molecule has 0 aliphatic rings. The summed E-state index contributed by atoms with van der Waals surface area (Å²) >= 11 is 10.8. The third-order valence-electron chi connectivity index (χ3n) is 2.17. The van der Waals surface area contributed by atoms with Crippen molar-refractivity contribution in [3.63, 3.8) is 0 Å². The molecular weight excluding hydrogens is 266 g/mol. The number of halogens is 1. The number of benzene rings is 2. The minimum Gasteiger partial charge on any atom is -0.456 e. The highest BCUT2D eigenvalue weighted by molar-refractivity contribution is 7.80. The van der Waals surface area contributed by atoms with Crippen molar-refractivity contribution >= 4 is 41.1 Å². The van der Waals surface area contributed by atoms with Crippen molar-refractivity contribution in [2.75, 3.05) is 0 Å². The molecule has 0 N–H and O–H groups in total. The van der Waals surface area contributed by atoms with Crippen molar-refractivity contribution in [1.82, 2.24) is 0 Å². The molecule has 0 radical (unpaired) electrons. The van der Waals surface area contributed by atoms with E-state index < -0.39 is 0 Å². The van der Waals surface area contributed by atoms with Crippen LogP contribution >= 0.6 is 23.8 Å². The van der Waals surface area contributed by atoms with Crippen molar-refractivity contribution in [1.29, 1.82) is 0 Å². The average molecular weight is 276 g/mol. The van der Waals surface area contributed by atoms with Crippen LogP contribution in [0.2, 0.25) is 5.02 Å². The lowest BCUT2D eigenvalue weighted by Crippen LogP contribution is -1.84. The summed E-state index contributed by atoms with van der Waals surface area (Å²) in [5.74, 6) is 1.35. The second-order valence-electron chi connectivity index (χ2n) is 3.44. The Balaban J connectivity index is 2.20. The van der Waals surface area contributed by atoms with Gasteiger partial charge in [-0.05, 0) is 30.3 Å². The number of para-hydroxylation sites is 1. The Morgan fingerprint density at radius 1 is 1.11 bits per heavy atom. The largest absolute Gasteiger partial charge is 0.456 e. The van der Waals surface area contributed by atoms with Crippen LogP contribution in [0.25, 0.3) is 0 Å². The molecule has 0 saturated heterocycles. The minimum absolute atomic E-state index is 0.512. The molecule has 0 amide bonds. The molecular formula is C14H10ClNOS. The molecule has 0 aliphatic heterocycles. The summed E-state index contributed by atoms with van der Waals surface area (Å²) in [6.07, 6.45) is 1.54. The maximum atomic E-state index is 6.12. The van der Waals surface area contributed by atoms with E-state index in [0.29, 0.717) is 10.8 Å². The number of hydrogen-bond donors (Lipinski definition) is 0. The molecule has 0 fully saturated rings. The van der Waals surface area contributed by atoms with E-state index in [2.05, 4.69) is 17.2 Å². The first-order valence-corrected chi connectivity index (χ1v) is 6.15. The molecule has 0 bridgehead atoms. The summed E-state index contributed by atoms with van der Waals surface area (Å²) < 4.78 is 5.66. The van der Waals surface area contributed by atoms with E-state index in [1.54, 1.807) is 18.3 Å². The van der Waals surface area contributed by atoms with Crippen LogP contribution in [0.4, 0.5) is 5.69 Å². The van der Waals surface area contributed by atoms with Crippen LogP contribution in [0.5, 0.6) is 11.5 Å². The second-order valence-corrected chi connectivity index (χ2v) is 4.12. The summed E-state index contributed by atoms with van der Waals surface area (Å²) in [6, 6.07) is 14.8. The smallest absolute Gasteiger partial charge is 0.146 e. The maximum Gasteiger partial charge on any atom is 0.146 e. The predicted octanol–water partition coefficient (Wildman–Crippen LogP) is 4.83. The minimum atomic E-state index is 0.512. The molecule has 0 unspecified atom stereocenters. The molecule has 2 aromatic carbocycles. The Bertz CT molecular complexity index is 569. The lowest BCUT2D eigenvalue weighted by atomic mass is 10.3. The molecule has 0 atom stereocenters. The third-order valence-corrected chi connectivity index (χ3v) is 2.59. The quantitative estimate of drug-likeness (QED) is 0.588. The molecule has 0 heterocycles. The molecule has 0 saturated carbocycles. The lowest BCUT2D eigenvalue weighted by molar-refractivity contribution is 0.483.